The normalized spacial score (nSPS) is 18.1. The Bertz CT molecular complexity index is 1150. The van der Waals surface area contributed by atoms with Crippen molar-refractivity contribution in [1.29, 1.82) is 0 Å². The number of ether oxygens (including phenoxy) is 1. The van der Waals surface area contributed by atoms with Gasteiger partial charge >= 0.3 is 12.1 Å². The summed E-state index contributed by atoms with van der Waals surface area (Å²) < 4.78 is 64.6. The lowest BCUT2D eigenvalue weighted by atomic mass is 10.0. The number of sulfonamides is 1. The largest absolute Gasteiger partial charge is 0.495 e. The number of hydrogen-bond acceptors (Lipinski definition) is 6. The van der Waals surface area contributed by atoms with Crippen LogP contribution in [0.3, 0.4) is 0 Å². The Labute approximate surface area is 219 Å². The number of methoxy groups -OCH3 is 1. The number of carbonyl (C=O) groups is 1. The molecule has 8 nitrogen and oxygen atoms in total. The number of carboxylic acid groups (broad SMARTS) is 1. The van der Waals surface area contributed by atoms with Crippen LogP contribution in [-0.4, -0.2) is 87.3 Å². The van der Waals surface area contributed by atoms with Crippen LogP contribution in [0.2, 0.25) is 5.02 Å². The number of halogens is 4. The molecule has 2 aliphatic rings. The Kier molecular flexibility index (Phi) is 9.68. The standard InChI is InChI=1S/C22H28ClN3O3S.C2HF3O2/c1-29-22-5-3-2-4-21(22)25-16-14-24(15-17-25)19-10-12-26(13-11-19)30(27,28)20-8-6-18(23)7-9-20;3-2(4,5)1(6)7/h2-9,19H,10-17H2,1H3;(H,6,7). The van der Waals surface area contributed by atoms with Crippen LogP contribution in [0.25, 0.3) is 0 Å². The number of piperidine rings is 1. The topological polar surface area (TPSA) is 90.4 Å². The predicted molar refractivity (Wildman–Crippen MR) is 134 cm³/mol. The van der Waals surface area contributed by atoms with Gasteiger partial charge in [0.05, 0.1) is 17.7 Å². The summed E-state index contributed by atoms with van der Waals surface area (Å²) in [6, 6.07) is 15.0. The molecule has 13 heteroatoms. The number of hydrogen-bond donors (Lipinski definition) is 1. The maximum absolute atomic E-state index is 12.9. The van der Waals surface area contributed by atoms with Gasteiger partial charge in [0.25, 0.3) is 0 Å². The lowest BCUT2D eigenvalue weighted by Crippen LogP contribution is -2.53. The van der Waals surface area contributed by atoms with E-state index in [-0.39, 0.29) is 0 Å². The van der Waals surface area contributed by atoms with Crippen LogP contribution >= 0.6 is 11.6 Å². The average Bonchev–Trinajstić information content (AvgIpc) is 2.89. The zero-order valence-electron chi connectivity index (χ0n) is 20.2. The third kappa shape index (κ3) is 7.50. The average molecular weight is 564 g/mol. The highest BCUT2D eigenvalue weighted by Gasteiger charge is 2.38. The first-order valence-corrected chi connectivity index (χ1v) is 13.4. The molecule has 2 aliphatic heterocycles. The summed E-state index contributed by atoms with van der Waals surface area (Å²) in [5.41, 5.74) is 1.14. The van der Waals surface area contributed by atoms with Crippen LogP contribution in [0.4, 0.5) is 18.9 Å². The van der Waals surface area contributed by atoms with Crippen molar-refractivity contribution in [1.82, 2.24) is 9.21 Å². The van der Waals surface area contributed by atoms with Gasteiger partial charge in [0.2, 0.25) is 10.0 Å². The van der Waals surface area contributed by atoms with Crippen molar-refractivity contribution in [3.63, 3.8) is 0 Å². The summed E-state index contributed by atoms with van der Waals surface area (Å²) in [5.74, 6) is -1.85. The molecule has 0 radical (unpaired) electrons. The molecule has 0 amide bonds. The Morgan fingerprint density at radius 1 is 0.973 bits per heavy atom. The second-order valence-corrected chi connectivity index (χ2v) is 11.0. The Morgan fingerprint density at radius 2 is 1.51 bits per heavy atom. The van der Waals surface area contributed by atoms with Gasteiger partial charge in [-0.3, -0.25) is 4.90 Å². The molecular formula is C24H29ClF3N3O5S. The number of anilines is 1. The summed E-state index contributed by atoms with van der Waals surface area (Å²) in [5, 5.41) is 7.67. The summed E-state index contributed by atoms with van der Waals surface area (Å²) in [6.07, 6.45) is -3.36. The van der Waals surface area contributed by atoms with Crippen molar-refractivity contribution in [3.8, 4) is 5.75 Å². The van der Waals surface area contributed by atoms with Crippen molar-refractivity contribution >= 4 is 33.3 Å². The molecule has 2 heterocycles. The van der Waals surface area contributed by atoms with E-state index in [1.807, 2.05) is 18.2 Å². The number of carboxylic acids is 1. The maximum Gasteiger partial charge on any atom is 0.490 e. The minimum absolute atomic E-state index is 0.316. The number of nitrogens with zero attached hydrogens (tertiary/aromatic N) is 3. The lowest BCUT2D eigenvalue weighted by Gasteiger charge is -2.43. The van der Waals surface area contributed by atoms with Gasteiger partial charge in [-0.15, -0.1) is 0 Å². The number of rotatable bonds is 5. The van der Waals surface area contributed by atoms with Crippen molar-refractivity contribution in [2.45, 2.75) is 30.0 Å². The summed E-state index contributed by atoms with van der Waals surface area (Å²) in [4.78, 5) is 14.1. The zero-order chi connectivity index (χ0) is 27.2. The summed E-state index contributed by atoms with van der Waals surface area (Å²) >= 11 is 5.89. The van der Waals surface area contributed by atoms with Gasteiger partial charge in [-0.1, -0.05) is 23.7 Å². The molecular weight excluding hydrogens is 535 g/mol. The fourth-order valence-electron chi connectivity index (χ4n) is 4.42. The number of piperazine rings is 1. The molecule has 4 rings (SSSR count). The van der Waals surface area contributed by atoms with Gasteiger partial charge in [-0.2, -0.15) is 17.5 Å². The third-order valence-corrected chi connectivity index (χ3v) is 8.54. The number of para-hydroxylation sites is 2. The first-order chi connectivity index (χ1) is 17.4. The van der Waals surface area contributed by atoms with Crippen LogP contribution in [0.1, 0.15) is 12.8 Å². The highest BCUT2D eigenvalue weighted by atomic mass is 35.5. The molecule has 2 saturated heterocycles. The van der Waals surface area contributed by atoms with Crippen molar-refractivity contribution in [2.75, 3.05) is 51.3 Å². The molecule has 0 bridgehead atoms. The van der Waals surface area contributed by atoms with Gasteiger partial charge in [-0.25, -0.2) is 13.2 Å². The van der Waals surface area contributed by atoms with Crippen LogP contribution < -0.4 is 9.64 Å². The van der Waals surface area contributed by atoms with E-state index < -0.39 is 22.2 Å². The first-order valence-electron chi connectivity index (χ1n) is 11.6. The van der Waals surface area contributed by atoms with Crippen molar-refractivity contribution in [2.24, 2.45) is 0 Å². The SMILES string of the molecule is COc1ccccc1N1CCN(C2CCN(S(=O)(=O)c3ccc(Cl)cc3)CC2)CC1.O=C(O)C(F)(F)F. The van der Waals surface area contributed by atoms with Crippen LogP contribution in [0.5, 0.6) is 5.75 Å². The van der Waals surface area contributed by atoms with E-state index in [1.54, 1.807) is 35.7 Å². The molecule has 0 saturated carbocycles. The fourth-order valence-corrected chi connectivity index (χ4v) is 6.02. The van der Waals surface area contributed by atoms with E-state index in [1.165, 1.54) is 0 Å². The molecule has 0 spiro atoms. The Balaban J connectivity index is 0.000000479. The Hall–Kier alpha value is -2.54. The van der Waals surface area contributed by atoms with E-state index >= 15 is 0 Å². The smallest absolute Gasteiger partial charge is 0.490 e. The van der Waals surface area contributed by atoms with Gasteiger partial charge in [0.15, 0.2) is 0 Å². The molecule has 0 aliphatic carbocycles. The molecule has 0 unspecified atom stereocenters. The van der Waals surface area contributed by atoms with E-state index in [2.05, 4.69) is 15.9 Å². The van der Waals surface area contributed by atoms with E-state index in [0.29, 0.717) is 29.0 Å². The number of aliphatic carboxylic acids is 1. The van der Waals surface area contributed by atoms with E-state index in [0.717, 1.165) is 50.5 Å². The van der Waals surface area contributed by atoms with Gasteiger partial charge in [0.1, 0.15) is 5.75 Å². The molecule has 2 aromatic carbocycles. The minimum atomic E-state index is -5.08. The van der Waals surface area contributed by atoms with Crippen LogP contribution in [0.15, 0.2) is 53.4 Å². The fraction of sp³-hybridized carbons (Fsp3) is 0.458. The quantitative estimate of drug-likeness (QED) is 0.589. The minimum Gasteiger partial charge on any atom is -0.495 e. The second kappa shape index (κ2) is 12.3. The van der Waals surface area contributed by atoms with Gasteiger partial charge in [0, 0.05) is 50.3 Å². The third-order valence-electron chi connectivity index (χ3n) is 6.37. The van der Waals surface area contributed by atoms with Crippen molar-refractivity contribution < 1.29 is 36.2 Å². The molecule has 204 valence electrons. The number of alkyl halides is 3. The van der Waals surface area contributed by atoms with E-state index in [9.17, 15) is 21.6 Å². The van der Waals surface area contributed by atoms with Crippen LogP contribution in [0, 0.1) is 0 Å². The summed E-state index contributed by atoms with van der Waals surface area (Å²) in [7, 11) is -1.74. The zero-order valence-corrected chi connectivity index (χ0v) is 21.8. The molecule has 1 N–H and O–H groups in total. The second-order valence-electron chi connectivity index (χ2n) is 8.59. The predicted octanol–water partition coefficient (Wildman–Crippen LogP) is 3.96. The highest BCUT2D eigenvalue weighted by molar-refractivity contribution is 7.89. The monoisotopic (exact) mass is 563 g/mol. The molecule has 0 aromatic heterocycles. The first kappa shape index (κ1) is 29.0. The maximum atomic E-state index is 12.9. The highest BCUT2D eigenvalue weighted by Crippen LogP contribution is 2.30. The molecule has 2 fully saturated rings. The summed E-state index contributed by atoms with van der Waals surface area (Å²) in [6.45, 7) is 4.97. The molecule has 37 heavy (non-hydrogen) atoms. The van der Waals surface area contributed by atoms with Crippen molar-refractivity contribution in [3.05, 3.63) is 53.6 Å². The molecule has 2 aromatic rings. The van der Waals surface area contributed by atoms with Crippen LogP contribution in [-0.2, 0) is 14.8 Å². The van der Waals surface area contributed by atoms with E-state index in [4.69, 9.17) is 26.2 Å². The Morgan fingerprint density at radius 3 is 2.03 bits per heavy atom. The number of benzene rings is 2. The molecule has 0 atom stereocenters. The lowest BCUT2D eigenvalue weighted by molar-refractivity contribution is -0.192. The van der Waals surface area contributed by atoms with Gasteiger partial charge in [-0.05, 0) is 49.2 Å². The van der Waals surface area contributed by atoms with Gasteiger partial charge < -0.3 is 14.7 Å².